The van der Waals surface area contributed by atoms with Crippen molar-refractivity contribution in [2.45, 2.75) is 71.1 Å². The van der Waals surface area contributed by atoms with Crippen LogP contribution in [0.4, 0.5) is 9.59 Å². The molecule has 3 amide bonds. The molecule has 0 saturated heterocycles. The van der Waals surface area contributed by atoms with Gasteiger partial charge in [0.25, 0.3) is 0 Å². The highest BCUT2D eigenvalue weighted by Gasteiger charge is 2.30. The van der Waals surface area contributed by atoms with Crippen molar-refractivity contribution in [2.24, 2.45) is 5.92 Å². The molecule has 1 aliphatic rings. The normalized spacial score (nSPS) is 13.2. The lowest BCUT2D eigenvalue weighted by Gasteiger charge is -2.24. The van der Waals surface area contributed by atoms with Gasteiger partial charge in [-0.15, -0.1) is 0 Å². The molecule has 3 aromatic rings. The number of Topliss-reactive ketones (excluding diaryl/α,β-unsaturated/α-hetero) is 1. The zero-order chi connectivity index (χ0) is 34.3. The zero-order valence-electron chi connectivity index (χ0n) is 28.0. The van der Waals surface area contributed by atoms with Crippen LogP contribution in [0.1, 0.15) is 69.1 Å². The second-order valence-electron chi connectivity index (χ2n) is 12.3. The van der Waals surface area contributed by atoms with Crippen molar-refractivity contribution < 1.29 is 33.4 Å². The molecule has 0 aromatic heterocycles. The Morgan fingerprint density at radius 2 is 1.40 bits per heavy atom. The second kappa shape index (κ2) is 18.6. The molecule has 0 unspecified atom stereocenters. The molecule has 0 saturated carbocycles. The minimum absolute atomic E-state index is 0.0244. The van der Waals surface area contributed by atoms with E-state index in [4.69, 9.17) is 14.2 Å². The van der Waals surface area contributed by atoms with Crippen LogP contribution in [-0.4, -0.2) is 62.3 Å². The summed E-state index contributed by atoms with van der Waals surface area (Å²) in [5.41, 5.74) is 5.44. The van der Waals surface area contributed by atoms with Gasteiger partial charge in [-0.1, -0.05) is 92.7 Å². The fourth-order valence-corrected chi connectivity index (χ4v) is 5.81. The van der Waals surface area contributed by atoms with E-state index in [9.17, 15) is 19.2 Å². The smallest absolute Gasteiger partial charge is 0.408 e. The number of hydrogen-bond donors (Lipinski definition) is 3. The number of nitrogens with one attached hydrogen (secondary N) is 3. The molecular weight excluding hydrogens is 610 g/mol. The number of rotatable bonds is 18. The summed E-state index contributed by atoms with van der Waals surface area (Å²) >= 11 is 0. The van der Waals surface area contributed by atoms with Crippen LogP contribution in [0.2, 0.25) is 0 Å². The molecule has 2 atom stereocenters. The lowest BCUT2D eigenvalue weighted by molar-refractivity contribution is -0.131. The first-order chi connectivity index (χ1) is 23.3. The average Bonchev–Trinajstić information content (AvgIpc) is 3.41. The van der Waals surface area contributed by atoms with Gasteiger partial charge in [0.2, 0.25) is 5.91 Å². The largest absolute Gasteiger partial charge is 0.449 e. The van der Waals surface area contributed by atoms with E-state index in [0.717, 1.165) is 27.8 Å². The summed E-state index contributed by atoms with van der Waals surface area (Å²) in [6.07, 6.45) is 0.609. The Labute approximate surface area is 282 Å². The Bertz CT molecular complexity index is 1470. The van der Waals surface area contributed by atoms with Crippen LogP contribution in [0.3, 0.4) is 0 Å². The predicted octanol–water partition coefficient (Wildman–Crippen LogP) is 6.13. The number of amides is 3. The molecule has 10 nitrogen and oxygen atoms in total. The molecule has 48 heavy (non-hydrogen) atoms. The molecule has 256 valence electrons. The van der Waals surface area contributed by atoms with Gasteiger partial charge in [0, 0.05) is 19.1 Å². The van der Waals surface area contributed by atoms with Crippen molar-refractivity contribution >= 4 is 23.9 Å². The number of fused-ring (bicyclic) bond motifs is 3. The van der Waals surface area contributed by atoms with E-state index in [1.54, 1.807) is 6.92 Å². The van der Waals surface area contributed by atoms with Gasteiger partial charge >= 0.3 is 12.2 Å². The second-order valence-corrected chi connectivity index (χ2v) is 12.3. The summed E-state index contributed by atoms with van der Waals surface area (Å²) < 4.78 is 16.3. The minimum Gasteiger partial charge on any atom is -0.449 e. The summed E-state index contributed by atoms with van der Waals surface area (Å²) in [6, 6.07) is 23.9. The third kappa shape index (κ3) is 10.7. The molecule has 0 fully saturated rings. The minimum atomic E-state index is -0.883. The van der Waals surface area contributed by atoms with Gasteiger partial charge in [-0.2, -0.15) is 0 Å². The highest BCUT2D eigenvalue weighted by molar-refractivity contribution is 5.92. The maximum atomic E-state index is 13.3. The van der Waals surface area contributed by atoms with Crippen LogP contribution in [0.5, 0.6) is 0 Å². The van der Waals surface area contributed by atoms with E-state index in [1.165, 1.54) is 0 Å². The van der Waals surface area contributed by atoms with Crippen LogP contribution < -0.4 is 16.0 Å². The van der Waals surface area contributed by atoms with Crippen molar-refractivity contribution in [3.8, 4) is 11.1 Å². The van der Waals surface area contributed by atoms with Crippen LogP contribution in [0.25, 0.3) is 11.1 Å². The number of carbonyl (C=O) groups excluding carboxylic acids is 4. The van der Waals surface area contributed by atoms with Gasteiger partial charge in [0.1, 0.15) is 25.9 Å². The number of benzene rings is 3. The molecule has 3 aromatic carbocycles. The lowest BCUT2D eigenvalue weighted by Crippen LogP contribution is -2.52. The molecule has 0 bridgehead atoms. The maximum Gasteiger partial charge on any atom is 0.408 e. The fraction of sp³-hybridized carbons (Fsp3) is 0.421. The summed E-state index contributed by atoms with van der Waals surface area (Å²) in [6.45, 7) is 6.55. The third-order valence-electron chi connectivity index (χ3n) is 8.21. The molecule has 3 N–H and O–H groups in total. The first kappa shape index (κ1) is 36.1. The van der Waals surface area contributed by atoms with E-state index >= 15 is 0 Å². The zero-order valence-corrected chi connectivity index (χ0v) is 28.0. The standard InChI is InChI=1S/C38H47N3O7/c1-4-46-25-35(42)33(40-36(43)34(22-26(2)3)41-38(45)47-23-27-14-6-5-7-15-27)20-12-13-21-39-37(44)48-24-32-30-18-10-8-16-28(30)29-17-9-11-19-31(29)32/h5-11,14-19,26,32-34H,4,12-13,20-25H2,1-3H3,(H,39,44)(H,40,43)(H,41,45)/t33-,34-/m0/s1. The number of alkyl carbamates (subject to hydrolysis) is 2. The Morgan fingerprint density at radius 1 is 0.750 bits per heavy atom. The monoisotopic (exact) mass is 657 g/mol. The molecule has 0 aliphatic heterocycles. The van der Waals surface area contributed by atoms with Crippen molar-refractivity contribution in [1.82, 2.24) is 16.0 Å². The highest BCUT2D eigenvalue weighted by atomic mass is 16.6. The van der Waals surface area contributed by atoms with Crippen molar-refractivity contribution in [2.75, 3.05) is 26.4 Å². The van der Waals surface area contributed by atoms with Crippen LogP contribution in [-0.2, 0) is 30.4 Å². The van der Waals surface area contributed by atoms with Crippen LogP contribution in [0, 0.1) is 5.92 Å². The quantitative estimate of drug-likeness (QED) is 0.140. The van der Waals surface area contributed by atoms with Gasteiger partial charge in [-0.25, -0.2) is 9.59 Å². The maximum absolute atomic E-state index is 13.3. The Hall–Kier alpha value is -4.70. The SMILES string of the molecule is CCOCC(=O)[C@H](CCCCNC(=O)OCC1c2ccccc2-c2ccccc21)NC(=O)[C@H](CC(C)C)NC(=O)OCc1ccccc1. The first-order valence-electron chi connectivity index (χ1n) is 16.7. The van der Waals surface area contributed by atoms with Crippen LogP contribution in [0.15, 0.2) is 78.9 Å². The van der Waals surface area contributed by atoms with Crippen LogP contribution >= 0.6 is 0 Å². The molecule has 0 heterocycles. The van der Waals surface area contributed by atoms with Crippen molar-refractivity contribution in [3.05, 3.63) is 95.6 Å². The van der Waals surface area contributed by atoms with Crippen molar-refractivity contribution in [3.63, 3.8) is 0 Å². The summed E-state index contributed by atoms with van der Waals surface area (Å²) in [4.78, 5) is 51.4. The van der Waals surface area contributed by atoms with Crippen molar-refractivity contribution in [1.29, 1.82) is 0 Å². The molecule has 0 radical (unpaired) electrons. The number of ketones is 1. The molecule has 10 heteroatoms. The topological polar surface area (TPSA) is 132 Å². The number of unbranched alkanes of at least 4 members (excludes halogenated alkanes) is 1. The molecular formula is C38H47N3O7. The van der Waals surface area contributed by atoms with Gasteiger partial charge < -0.3 is 30.2 Å². The van der Waals surface area contributed by atoms with Gasteiger partial charge in [-0.05, 0) is 66.3 Å². The number of carbonyl (C=O) groups is 4. The molecule has 1 aliphatic carbocycles. The fourth-order valence-electron chi connectivity index (χ4n) is 5.81. The van der Waals surface area contributed by atoms with Gasteiger partial charge in [-0.3, -0.25) is 9.59 Å². The lowest BCUT2D eigenvalue weighted by atomic mass is 9.98. The molecule has 0 spiro atoms. The van der Waals surface area contributed by atoms with E-state index in [2.05, 4.69) is 40.2 Å². The van der Waals surface area contributed by atoms with E-state index < -0.39 is 30.2 Å². The summed E-state index contributed by atoms with van der Waals surface area (Å²) in [7, 11) is 0. The van der Waals surface area contributed by atoms with Gasteiger partial charge in [0.15, 0.2) is 5.78 Å². The number of ether oxygens (including phenoxy) is 3. The van der Waals surface area contributed by atoms with E-state index in [1.807, 2.05) is 68.4 Å². The Balaban J connectivity index is 1.24. The summed E-state index contributed by atoms with van der Waals surface area (Å²) in [5, 5.41) is 8.29. The first-order valence-corrected chi connectivity index (χ1v) is 16.7. The third-order valence-corrected chi connectivity index (χ3v) is 8.21. The predicted molar refractivity (Wildman–Crippen MR) is 183 cm³/mol. The van der Waals surface area contributed by atoms with E-state index in [-0.39, 0.29) is 37.4 Å². The van der Waals surface area contributed by atoms with E-state index in [0.29, 0.717) is 38.8 Å². The Morgan fingerprint density at radius 3 is 2.04 bits per heavy atom. The Kier molecular flexibility index (Phi) is 14.0. The highest BCUT2D eigenvalue weighted by Crippen LogP contribution is 2.44. The molecule has 4 rings (SSSR count). The number of hydrogen-bond acceptors (Lipinski definition) is 7. The summed E-state index contributed by atoms with van der Waals surface area (Å²) in [5.74, 6) is -0.656. The average molecular weight is 658 g/mol. The van der Waals surface area contributed by atoms with Gasteiger partial charge in [0.05, 0.1) is 6.04 Å².